The minimum atomic E-state index is -1.54. The van der Waals surface area contributed by atoms with E-state index in [9.17, 15) is 4.79 Å². The molecule has 4 nitrogen and oxygen atoms in total. The van der Waals surface area contributed by atoms with E-state index in [4.69, 9.17) is 15.9 Å². The SMILES string of the molecule is Cc1ccc(CCC(N)(CO)C(=O)O)cc1. The van der Waals surface area contributed by atoms with Crippen LogP contribution in [0.2, 0.25) is 0 Å². The van der Waals surface area contributed by atoms with Crippen molar-refractivity contribution in [2.45, 2.75) is 25.3 Å². The number of aliphatic hydroxyl groups is 1. The molecule has 0 heterocycles. The first-order chi connectivity index (χ1) is 7.48. The van der Waals surface area contributed by atoms with Crippen molar-refractivity contribution in [2.24, 2.45) is 5.73 Å². The maximum Gasteiger partial charge on any atom is 0.326 e. The van der Waals surface area contributed by atoms with Crippen LogP contribution in [-0.2, 0) is 11.2 Å². The van der Waals surface area contributed by atoms with E-state index in [1.807, 2.05) is 31.2 Å². The zero-order chi connectivity index (χ0) is 12.2. The third-order valence-electron chi connectivity index (χ3n) is 2.69. The van der Waals surface area contributed by atoms with Crippen molar-refractivity contribution in [1.29, 1.82) is 0 Å². The Morgan fingerprint density at radius 2 is 1.94 bits per heavy atom. The zero-order valence-electron chi connectivity index (χ0n) is 9.31. The van der Waals surface area contributed by atoms with Crippen molar-refractivity contribution in [3.8, 4) is 0 Å². The summed E-state index contributed by atoms with van der Waals surface area (Å²) in [5.41, 5.74) is 6.21. The van der Waals surface area contributed by atoms with Crippen LogP contribution in [0.25, 0.3) is 0 Å². The molecule has 0 aliphatic rings. The highest BCUT2D eigenvalue weighted by Gasteiger charge is 2.32. The molecule has 1 aromatic rings. The van der Waals surface area contributed by atoms with Crippen LogP contribution < -0.4 is 5.73 Å². The molecule has 0 radical (unpaired) electrons. The Hall–Kier alpha value is -1.39. The van der Waals surface area contributed by atoms with Crippen LogP contribution in [-0.4, -0.2) is 28.3 Å². The number of hydrogen-bond donors (Lipinski definition) is 3. The van der Waals surface area contributed by atoms with Gasteiger partial charge in [-0.1, -0.05) is 29.8 Å². The van der Waals surface area contributed by atoms with Crippen LogP contribution >= 0.6 is 0 Å². The lowest BCUT2D eigenvalue weighted by Crippen LogP contribution is -2.51. The molecule has 16 heavy (non-hydrogen) atoms. The van der Waals surface area contributed by atoms with Gasteiger partial charge in [0.15, 0.2) is 0 Å². The van der Waals surface area contributed by atoms with Gasteiger partial charge in [0.25, 0.3) is 0 Å². The average molecular weight is 223 g/mol. The van der Waals surface area contributed by atoms with Crippen LogP contribution in [0.5, 0.6) is 0 Å². The van der Waals surface area contributed by atoms with E-state index in [0.717, 1.165) is 11.1 Å². The quantitative estimate of drug-likeness (QED) is 0.686. The summed E-state index contributed by atoms with van der Waals surface area (Å²) in [5, 5.41) is 17.8. The lowest BCUT2D eigenvalue weighted by molar-refractivity contribution is -0.145. The van der Waals surface area contributed by atoms with E-state index < -0.39 is 18.1 Å². The number of benzene rings is 1. The first-order valence-corrected chi connectivity index (χ1v) is 5.16. The lowest BCUT2D eigenvalue weighted by atomic mass is 9.93. The number of aliphatic carboxylic acids is 1. The maximum atomic E-state index is 10.8. The summed E-state index contributed by atoms with van der Waals surface area (Å²) in [6.45, 7) is 1.44. The summed E-state index contributed by atoms with van der Waals surface area (Å²) in [5.74, 6) is -1.16. The molecule has 0 fully saturated rings. The van der Waals surface area contributed by atoms with Crippen molar-refractivity contribution in [2.75, 3.05) is 6.61 Å². The first-order valence-electron chi connectivity index (χ1n) is 5.16. The Kier molecular flexibility index (Phi) is 4.04. The van der Waals surface area contributed by atoms with Gasteiger partial charge in [-0.25, -0.2) is 0 Å². The van der Waals surface area contributed by atoms with E-state index >= 15 is 0 Å². The second-order valence-corrected chi connectivity index (χ2v) is 4.11. The van der Waals surface area contributed by atoms with Crippen molar-refractivity contribution < 1.29 is 15.0 Å². The summed E-state index contributed by atoms with van der Waals surface area (Å²) in [6, 6.07) is 7.81. The molecule has 0 saturated carbocycles. The van der Waals surface area contributed by atoms with Crippen molar-refractivity contribution in [1.82, 2.24) is 0 Å². The highest BCUT2D eigenvalue weighted by molar-refractivity contribution is 5.78. The fourth-order valence-electron chi connectivity index (χ4n) is 1.38. The minimum absolute atomic E-state index is 0.224. The lowest BCUT2D eigenvalue weighted by Gasteiger charge is -2.21. The molecule has 0 aromatic heterocycles. The molecular formula is C12H17NO3. The second kappa shape index (κ2) is 5.09. The number of aryl methyl sites for hydroxylation is 2. The number of aliphatic hydroxyl groups excluding tert-OH is 1. The third-order valence-corrected chi connectivity index (χ3v) is 2.69. The van der Waals surface area contributed by atoms with Gasteiger partial charge in [0.1, 0.15) is 5.54 Å². The van der Waals surface area contributed by atoms with Crippen LogP contribution in [0.1, 0.15) is 17.5 Å². The molecule has 0 amide bonds. The number of carboxylic acid groups (broad SMARTS) is 1. The number of rotatable bonds is 5. The molecule has 0 aliphatic carbocycles. The highest BCUT2D eigenvalue weighted by atomic mass is 16.4. The molecular weight excluding hydrogens is 206 g/mol. The first kappa shape index (κ1) is 12.7. The van der Waals surface area contributed by atoms with E-state index in [-0.39, 0.29) is 6.42 Å². The number of nitrogens with two attached hydrogens (primary N) is 1. The highest BCUT2D eigenvalue weighted by Crippen LogP contribution is 2.13. The van der Waals surface area contributed by atoms with E-state index in [1.165, 1.54) is 0 Å². The monoisotopic (exact) mass is 223 g/mol. The molecule has 1 atom stereocenters. The largest absolute Gasteiger partial charge is 0.480 e. The Labute approximate surface area is 94.7 Å². The van der Waals surface area contributed by atoms with Gasteiger partial charge in [0, 0.05) is 0 Å². The summed E-state index contributed by atoms with van der Waals surface area (Å²) in [7, 11) is 0. The summed E-state index contributed by atoms with van der Waals surface area (Å²) in [6.07, 6.45) is 0.769. The Balaban J connectivity index is 2.63. The number of carbonyl (C=O) groups is 1. The van der Waals surface area contributed by atoms with Crippen molar-refractivity contribution in [3.05, 3.63) is 35.4 Å². The molecule has 4 N–H and O–H groups in total. The van der Waals surface area contributed by atoms with Crippen LogP contribution in [0.4, 0.5) is 0 Å². The normalized spacial score (nSPS) is 14.4. The van der Waals surface area contributed by atoms with Gasteiger partial charge in [-0.15, -0.1) is 0 Å². The molecule has 0 saturated heterocycles. The predicted octanol–water partition coefficient (Wildman–Crippen LogP) is 0.702. The Morgan fingerprint density at radius 1 is 1.38 bits per heavy atom. The summed E-state index contributed by atoms with van der Waals surface area (Å²) >= 11 is 0. The predicted molar refractivity (Wildman–Crippen MR) is 61.1 cm³/mol. The molecule has 4 heteroatoms. The van der Waals surface area contributed by atoms with Gasteiger partial charge < -0.3 is 15.9 Å². The van der Waals surface area contributed by atoms with Gasteiger partial charge in [0.05, 0.1) is 6.61 Å². The summed E-state index contributed by atoms with van der Waals surface area (Å²) in [4.78, 5) is 10.8. The Morgan fingerprint density at radius 3 is 2.38 bits per heavy atom. The topological polar surface area (TPSA) is 83.5 Å². The molecule has 88 valence electrons. The van der Waals surface area contributed by atoms with Crippen LogP contribution in [0.15, 0.2) is 24.3 Å². The minimum Gasteiger partial charge on any atom is -0.480 e. The number of carboxylic acids is 1. The molecule has 0 bridgehead atoms. The van der Waals surface area contributed by atoms with Crippen LogP contribution in [0.3, 0.4) is 0 Å². The fraction of sp³-hybridized carbons (Fsp3) is 0.417. The Bertz CT molecular complexity index is 361. The molecule has 0 aliphatic heterocycles. The van der Waals surface area contributed by atoms with Gasteiger partial charge in [-0.05, 0) is 25.3 Å². The van der Waals surface area contributed by atoms with Crippen molar-refractivity contribution in [3.63, 3.8) is 0 Å². The summed E-state index contributed by atoms with van der Waals surface area (Å²) < 4.78 is 0. The van der Waals surface area contributed by atoms with Crippen molar-refractivity contribution >= 4 is 5.97 Å². The zero-order valence-corrected chi connectivity index (χ0v) is 9.31. The molecule has 1 rings (SSSR count). The van der Waals surface area contributed by atoms with E-state index in [2.05, 4.69) is 0 Å². The van der Waals surface area contributed by atoms with Gasteiger partial charge >= 0.3 is 5.97 Å². The molecule has 1 unspecified atom stereocenters. The number of hydrogen-bond acceptors (Lipinski definition) is 3. The third kappa shape index (κ3) is 3.05. The van der Waals surface area contributed by atoms with E-state index in [0.29, 0.717) is 6.42 Å². The maximum absolute atomic E-state index is 10.8. The van der Waals surface area contributed by atoms with Crippen LogP contribution in [0, 0.1) is 6.92 Å². The smallest absolute Gasteiger partial charge is 0.326 e. The van der Waals surface area contributed by atoms with Gasteiger partial charge in [-0.3, -0.25) is 4.79 Å². The standard InChI is InChI=1S/C12H17NO3/c1-9-2-4-10(5-3-9)6-7-12(13,8-14)11(15)16/h2-5,14H,6-8,13H2,1H3,(H,15,16). The average Bonchev–Trinajstić information content (AvgIpc) is 2.27. The van der Waals surface area contributed by atoms with E-state index in [1.54, 1.807) is 0 Å². The molecule has 1 aromatic carbocycles. The van der Waals surface area contributed by atoms with Gasteiger partial charge in [0.2, 0.25) is 0 Å². The second-order valence-electron chi connectivity index (χ2n) is 4.11. The fourth-order valence-corrected chi connectivity index (χ4v) is 1.38. The van der Waals surface area contributed by atoms with Gasteiger partial charge in [-0.2, -0.15) is 0 Å². The molecule has 0 spiro atoms.